The van der Waals surface area contributed by atoms with Gasteiger partial charge in [0.15, 0.2) is 0 Å². The molecule has 17 heavy (non-hydrogen) atoms. The summed E-state index contributed by atoms with van der Waals surface area (Å²) in [5, 5.41) is 11.9. The summed E-state index contributed by atoms with van der Waals surface area (Å²) in [6.07, 6.45) is 2.85. The molecule has 5 nitrogen and oxygen atoms in total. The molecule has 5 heteroatoms. The van der Waals surface area contributed by atoms with Gasteiger partial charge in [-0.15, -0.1) is 0 Å². The van der Waals surface area contributed by atoms with E-state index in [0.29, 0.717) is 19.3 Å². The molecule has 0 radical (unpaired) electrons. The number of amides is 1. The van der Waals surface area contributed by atoms with Gasteiger partial charge in [0.2, 0.25) is 5.91 Å². The molecule has 0 aromatic carbocycles. The summed E-state index contributed by atoms with van der Waals surface area (Å²) in [6, 6.07) is 0.247. The number of aliphatic carboxylic acids is 1. The third-order valence-electron chi connectivity index (χ3n) is 3.89. The molecular weight excluding hydrogens is 220 g/mol. The van der Waals surface area contributed by atoms with Gasteiger partial charge in [-0.25, -0.2) is 0 Å². The van der Waals surface area contributed by atoms with Crippen LogP contribution in [0.5, 0.6) is 0 Å². The lowest BCUT2D eigenvalue weighted by atomic mass is 10.0. The lowest BCUT2D eigenvalue weighted by molar-refractivity contribution is -0.141. The van der Waals surface area contributed by atoms with Crippen LogP contribution in [0.3, 0.4) is 0 Å². The summed E-state index contributed by atoms with van der Waals surface area (Å²) in [5.74, 6) is -1.13. The highest BCUT2D eigenvalue weighted by Crippen LogP contribution is 2.31. The number of carboxylic acids is 1. The normalized spacial score (nSPS) is 33.8. The lowest BCUT2D eigenvalue weighted by Gasteiger charge is -2.16. The zero-order chi connectivity index (χ0) is 12.4. The molecular formula is C12H20N2O3. The standard InChI is InChI=1S/C12H20N2O3/c1-14-5-4-10(7-14)13-11(15)8-2-3-9(6-8)12(16)17/h8-10H,2-7H2,1H3,(H,13,15)(H,16,17)/t8-,9+,10?/m1/s1. The molecule has 2 fully saturated rings. The van der Waals surface area contributed by atoms with Crippen LogP contribution in [0, 0.1) is 11.8 Å². The molecule has 1 aliphatic carbocycles. The minimum Gasteiger partial charge on any atom is -0.481 e. The van der Waals surface area contributed by atoms with Crippen LogP contribution in [0.15, 0.2) is 0 Å². The van der Waals surface area contributed by atoms with Crippen molar-refractivity contribution in [1.29, 1.82) is 0 Å². The van der Waals surface area contributed by atoms with Crippen LogP contribution in [-0.2, 0) is 9.59 Å². The Hall–Kier alpha value is -1.10. The van der Waals surface area contributed by atoms with E-state index < -0.39 is 5.97 Å². The van der Waals surface area contributed by atoms with Crippen molar-refractivity contribution in [2.24, 2.45) is 11.8 Å². The summed E-state index contributed by atoms with van der Waals surface area (Å²) < 4.78 is 0. The van der Waals surface area contributed by atoms with Crippen molar-refractivity contribution >= 4 is 11.9 Å². The molecule has 1 unspecified atom stereocenters. The number of carboxylic acid groups (broad SMARTS) is 1. The van der Waals surface area contributed by atoms with Gasteiger partial charge in [0.1, 0.15) is 0 Å². The van der Waals surface area contributed by atoms with E-state index in [1.165, 1.54) is 0 Å². The summed E-state index contributed by atoms with van der Waals surface area (Å²) in [5.41, 5.74) is 0. The van der Waals surface area contributed by atoms with Crippen LogP contribution >= 0.6 is 0 Å². The zero-order valence-electron chi connectivity index (χ0n) is 10.2. The van der Waals surface area contributed by atoms with E-state index in [4.69, 9.17) is 5.11 Å². The van der Waals surface area contributed by atoms with Gasteiger partial charge in [-0.1, -0.05) is 0 Å². The van der Waals surface area contributed by atoms with Gasteiger partial charge < -0.3 is 15.3 Å². The Kier molecular flexibility index (Phi) is 3.66. The first-order valence-corrected chi connectivity index (χ1v) is 6.28. The summed E-state index contributed by atoms with van der Waals surface area (Å²) in [6.45, 7) is 1.92. The van der Waals surface area contributed by atoms with E-state index >= 15 is 0 Å². The summed E-state index contributed by atoms with van der Waals surface area (Å²) in [4.78, 5) is 25.0. The summed E-state index contributed by atoms with van der Waals surface area (Å²) >= 11 is 0. The first kappa shape index (κ1) is 12.4. The van der Waals surface area contributed by atoms with Crippen LogP contribution in [-0.4, -0.2) is 48.1 Å². The number of carbonyl (C=O) groups excluding carboxylic acids is 1. The van der Waals surface area contributed by atoms with E-state index in [9.17, 15) is 9.59 Å². The molecule has 2 aliphatic rings. The molecule has 0 bridgehead atoms. The fourth-order valence-corrected chi connectivity index (χ4v) is 2.82. The van der Waals surface area contributed by atoms with E-state index in [2.05, 4.69) is 10.2 Å². The minimum absolute atomic E-state index is 0.0500. The molecule has 1 saturated carbocycles. The predicted octanol–water partition coefficient (Wildman–Crippen LogP) is 0.308. The predicted molar refractivity (Wildman–Crippen MR) is 62.5 cm³/mol. The Balaban J connectivity index is 1.79. The number of rotatable bonds is 3. The van der Waals surface area contributed by atoms with Crippen molar-refractivity contribution in [3.8, 4) is 0 Å². The van der Waals surface area contributed by atoms with Crippen LogP contribution in [0.2, 0.25) is 0 Å². The Bertz CT molecular complexity index is 319. The van der Waals surface area contributed by atoms with Crippen molar-refractivity contribution < 1.29 is 14.7 Å². The lowest BCUT2D eigenvalue weighted by Crippen LogP contribution is -2.39. The summed E-state index contributed by atoms with van der Waals surface area (Å²) in [7, 11) is 2.04. The largest absolute Gasteiger partial charge is 0.481 e. The number of likely N-dealkylation sites (tertiary alicyclic amines) is 1. The number of hydrogen-bond donors (Lipinski definition) is 2. The SMILES string of the molecule is CN1CCC(NC(=O)[C@@H]2CC[C@H](C(=O)O)C2)C1. The molecule has 2 N–H and O–H groups in total. The molecule has 3 atom stereocenters. The molecule has 0 aromatic rings. The van der Waals surface area contributed by atoms with Crippen LogP contribution in [0.4, 0.5) is 0 Å². The van der Waals surface area contributed by atoms with Crippen LogP contribution in [0.25, 0.3) is 0 Å². The fourth-order valence-electron chi connectivity index (χ4n) is 2.82. The average Bonchev–Trinajstić information content (AvgIpc) is 2.86. The topological polar surface area (TPSA) is 69.6 Å². The van der Waals surface area contributed by atoms with Crippen molar-refractivity contribution in [2.45, 2.75) is 31.7 Å². The van der Waals surface area contributed by atoms with Gasteiger partial charge in [-0.05, 0) is 39.3 Å². The Morgan fingerprint density at radius 3 is 2.47 bits per heavy atom. The maximum Gasteiger partial charge on any atom is 0.306 e. The van der Waals surface area contributed by atoms with Crippen molar-refractivity contribution in [2.75, 3.05) is 20.1 Å². The number of nitrogens with one attached hydrogen (secondary N) is 1. The van der Waals surface area contributed by atoms with E-state index in [-0.39, 0.29) is 23.8 Å². The molecule has 0 aromatic heterocycles. The highest BCUT2D eigenvalue weighted by molar-refractivity contribution is 5.81. The monoisotopic (exact) mass is 240 g/mol. The fraction of sp³-hybridized carbons (Fsp3) is 0.833. The van der Waals surface area contributed by atoms with E-state index in [0.717, 1.165) is 19.5 Å². The van der Waals surface area contributed by atoms with Gasteiger partial charge in [0.05, 0.1) is 5.92 Å². The van der Waals surface area contributed by atoms with E-state index in [1.807, 2.05) is 7.05 Å². The van der Waals surface area contributed by atoms with Gasteiger partial charge in [-0.2, -0.15) is 0 Å². The van der Waals surface area contributed by atoms with Crippen molar-refractivity contribution in [3.63, 3.8) is 0 Å². The highest BCUT2D eigenvalue weighted by atomic mass is 16.4. The third kappa shape index (κ3) is 2.97. The first-order chi connectivity index (χ1) is 8.06. The molecule has 1 aliphatic heterocycles. The van der Waals surface area contributed by atoms with Crippen molar-refractivity contribution in [1.82, 2.24) is 10.2 Å². The Morgan fingerprint density at radius 1 is 1.24 bits per heavy atom. The average molecular weight is 240 g/mol. The smallest absolute Gasteiger partial charge is 0.306 e. The highest BCUT2D eigenvalue weighted by Gasteiger charge is 2.34. The van der Waals surface area contributed by atoms with Crippen LogP contribution in [0.1, 0.15) is 25.7 Å². The molecule has 2 rings (SSSR count). The number of carbonyl (C=O) groups is 2. The maximum absolute atomic E-state index is 12.0. The van der Waals surface area contributed by atoms with Gasteiger partial charge in [0.25, 0.3) is 0 Å². The number of nitrogens with zero attached hydrogens (tertiary/aromatic N) is 1. The molecule has 96 valence electrons. The molecule has 1 saturated heterocycles. The van der Waals surface area contributed by atoms with Gasteiger partial charge in [0, 0.05) is 18.5 Å². The second kappa shape index (κ2) is 5.04. The second-order valence-corrected chi connectivity index (χ2v) is 5.30. The van der Waals surface area contributed by atoms with Crippen molar-refractivity contribution in [3.05, 3.63) is 0 Å². The van der Waals surface area contributed by atoms with E-state index in [1.54, 1.807) is 0 Å². The quantitative estimate of drug-likeness (QED) is 0.745. The first-order valence-electron chi connectivity index (χ1n) is 6.28. The minimum atomic E-state index is -0.763. The second-order valence-electron chi connectivity index (χ2n) is 5.30. The number of likely N-dealkylation sites (N-methyl/N-ethyl adjacent to an activating group) is 1. The third-order valence-corrected chi connectivity index (χ3v) is 3.89. The van der Waals surface area contributed by atoms with Gasteiger partial charge in [-0.3, -0.25) is 9.59 Å². The number of hydrogen-bond acceptors (Lipinski definition) is 3. The maximum atomic E-state index is 12.0. The Labute approximate surface area is 101 Å². The molecule has 1 heterocycles. The molecule has 1 amide bonds. The zero-order valence-corrected chi connectivity index (χ0v) is 10.2. The van der Waals surface area contributed by atoms with Gasteiger partial charge >= 0.3 is 5.97 Å². The molecule has 0 spiro atoms. The van der Waals surface area contributed by atoms with Crippen LogP contribution < -0.4 is 5.32 Å². The Morgan fingerprint density at radius 2 is 1.94 bits per heavy atom.